The van der Waals surface area contributed by atoms with Crippen LogP contribution in [0, 0.1) is 0 Å². The van der Waals surface area contributed by atoms with Crippen molar-refractivity contribution < 1.29 is 30.0 Å². The van der Waals surface area contributed by atoms with E-state index in [4.69, 9.17) is 5.11 Å². The molecular formula is C24H35N3O4+2. The minimum atomic E-state index is -1.40. The van der Waals surface area contributed by atoms with Crippen molar-refractivity contribution in [1.82, 2.24) is 0 Å². The van der Waals surface area contributed by atoms with Crippen LogP contribution in [0.25, 0.3) is 12.2 Å². The summed E-state index contributed by atoms with van der Waals surface area (Å²) in [5.41, 5.74) is 3.39. The van der Waals surface area contributed by atoms with Crippen molar-refractivity contribution in [1.29, 1.82) is 0 Å². The van der Waals surface area contributed by atoms with E-state index in [2.05, 4.69) is 49.1 Å². The molecule has 0 fully saturated rings. The third-order valence-corrected chi connectivity index (χ3v) is 5.01. The zero-order chi connectivity index (χ0) is 22.7. The topological polar surface area (TPSA) is 88.0 Å². The summed E-state index contributed by atoms with van der Waals surface area (Å²) in [5, 5.41) is 38.1. The van der Waals surface area contributed by atoms with Gasteiger partial charge in [-0.15, -0.1) is 0 Å². The third kappa shape index (κ3) is 8.61. The highest BCUT2D eigenvalue weighted by atomic mass is 16.8. The summed E-state index contributed by atoms with van der Waals surface area (Å²) in [6.45, 7) is 5.62. The Bertz CT molecular complexity index is 829. The van der Waals surface area contributed by atoms with Crippen LogP contribution in [0.4, 0.5) is 5.69 Å². The minimum Gasteiger partial charge on any atom is -0.390 e. The summed E-state index contributed by atoms with van der Waals surface area (Å²) in [5.74, 6) is 0. The molecule has 2 aromatic rings. The maximum atomic E-state index is 10.0. The molecule has 1 unspecified atom stereocenters. The quantitative estimate of drug-likeness (QED) is 0.180. The van der Waals surface area contributed by atoms with E-state index in [-0.39, 0.29) is 26.2 Å². The Morgan fingerprint density at radius 2 is 1.48 bits per heavy atom. The van der Waals surface area contributed by atoms with E-state index < -0.39 is 10.9 Å². The number of aliphatic hydroxyl groups is 2. The molecule has 2 rings (SSSR count). The molecule has 4 N–H and O–H groups in total. The first-order valence-electron chi connectivity index (χ1n) is 10.7. The Balaban J connectivity index is 1.87. The number of hydrogen-bond acceptors (Lipinski definition) is 5. The van der Waals surface area contributed by atoms with E-state index in [1.54, 1.807) is 4.57 Å². The number of aliphatic hydroxyl groups excluding tert-OH is 2. The highest BCUT2D eigenvalue weighted by molar-refractivity contribution is 5.59. The largest absolute Gasteiger partial charge is 0.390 e. The lowest BCUT2D eigenvalue weighted by molar-refractivity contribution is -1.25. The highest BCUT2D eigenvalue weighted by Crippen LogP contribution is 2.15. The lowest BCUT2D eigenvalue weighted by Gasteiger charge is -2.21. The molecule has 168 valence electrons. The average Bonchev–Trinajstić information content (AvgIpc) is 2.73. The van der Waals surface area contributed by atoms with Crippen molar-refractivity contribution >= 4 is 17.8 Å². The highest BCUT2D eigenvalue weighted by Gasteiger charge is 2.28. The summed E-state index contributed by atoms with van der Waals surface area (Å²) in [6.07, 6.45) is 10.7. The molecule has 7 heteroatoms. The first-order valence-corrected chi connectivity index (χ1v) is 10.7. The second kappa shape index (κ2) is 12.3. The Morgan fingerprint density at radius 3 is 2.00 bits per heavy atom. The zero-order valence-electron chi connectivity index (χ0n) is 18.4. The second-order valence-corrected chi connectivity index (χ2v) is 7.47. The van der Waals surface area contributed by atoms with Crippen LogP contribution in [0.15, 0.2) is 60.9 Å². The molecule has 0 aliphatic heterocycles. The number of hydrogen-bond donors (Lipinski definition) is 4. The maximum absolute atomic E-state index is 10.0. The number of allylic oxidation sites excluding steroid dienone is 2. The van der Waals surface area contributed by atoms with Crippen LogP contribution >= 0.6 is 0 Å². The normalized spacial score (nSPS) is 13.2. The molecule has 0 radical (unpaired) electrons. The molecule has 1 aromatic heterocycles. The minimum absolute atomic E-state index is 0.222. The van der Waals surface area contributed by atoms with Crippen molar-refractivity contribution in [3.05, 3.63) is 72.1 Å². The fraction of sp³-hybridized carbons (Fsp3) is 0.375. The lowest BCUT2D eigenvalue weighted by Crippen LogP contribution is -2.52. The molecule has 7 nitrogen and oxygen atoms in total. The first-order chi connectivity index (χ1) is 14.9. The summed E-state index contributed by atoms with van der Waals surface area (Å²) in [6, 6.07) is 12.3. The van der Waals surface area contributed by atoms with Crippen molar-refractivity contribution in [3.8, 4) is 0 Å². The van der Waals surface area contributed by atoms with Gasteiger partial charge < -0.3 is 15.1 Å². The van der Waals surface area contributed by atoms with E-state index in [0.717, 1.165) is 24.2 Å². The van der Waals surface area contributed by atoms with Crippen molar-refractivity contribution in [2.24, 2.45) is 0 Å². The van der Waals surface area contributed by atoms with Crippen LogP contribution in [0.1, 0.15) is 25.0 Å². The Kier molecular flexibility index (Phi) is 9.84. The molecule has 31 heavy (non-hydrogen) atoms. The second-order valence-electron chi connectivity index (χ2n) is 7.47. The van der Waals surface area contributed by atoms with Gasteiger partial charge in [-0.05, 0) is 41.9 Å². The van der Waals surface area contributed by atoms with E-state index in [1.807, 2.05) is 42.8 Å². The van der Waals surface area contributed by atoms with Gasteiger partial charge in [-0.2, -0.15) is 10.4 Å². The van der Waals surface area contributed by atoms with Crippen molar-refractivity contribution in [2.45, 2.75) is 26.5 Å². The summed E-state index contributed by atoms with van der Waals surface area (Å²) < 4.78 is 1.77. The first kappa shape index (κ1) is 24.7. The van der Waals surface area contributed by atoms with Crippen LogP contribution < -0.4 is 9.47 Å². The molecule has 0 aliphatic rings. The summed E-state index contributed by atoms with van der Waals surface area (Å²) in [7, 11) is 0. The van der Waals surface area contributed by atoms with E-state index in [9.17, 15) is 15.5 Å². The van der Waals surface area contributed by atoms with Crippen molar-refractivity contribution in [2.75, 3.05) is 37.7 Å². The van der Waals surface area contributed by atoms with Crippen LogP contribution in [0.3, 0.4) is 0 Å². The van der Waals surface area contributed by atoms with Crippen molar-refractivity contribution in [3.63, 3.8) is 0 Å². The summed E-state index contributed by atoms with van der Waals surface area (Å²) >= 11 is 0. The number of anilines is 1. The molecule has 1 heterocycles. The molecular weight excluding hydrogens is 394 g/mol. The van der Waals surface area contributed by atoms with Gasteiger partial charge in [-0.25, -0.2) is 4.57 Å². The van der Waals surface area contributed by atoms with Gasteiger partial charge in [-0.3, -0.25) is 0 Å². The SMILES string of the molecule is CCN(CC)c1ccc(/C=C/C=C/c2cc[n+](CC(O)C[N+](O)(O)CCO)cc2)cc1. The fourth-order valence-electron chi connectivity index (χ4n) is 3.31. The third-order valence-electron chi connectivity index (χ3n) is 5.01. The monoisotopic (exact) mass is 429 g/mol. The molecule has 0 saturated heterocycles. The number of benzene rings is 1. The molecule has 0 spiro atoms. The molecule has 0 saturated carbocycles. The Hall–Kier alpha value is -2.55. The van der Waals surface area contributed by atoms with Gasteiger partial charge in [-0.1, -0.05) is 36.4 Å². The van der Waals surface area contributed by atoms with Gasteiger partial charge in [0.25, 0.3) is 0 Å². The molecule has 0 aliphatic carbocycles. The number of aromatic nitrogens is 1. The van der Waals surface area contributed by atoms with Crippen LogP contribution in [0.2, 0.25) is 0 Å². The molecule has 1 aromatic carbocycles. The van der Waals surface area contributed by atoms with Gasteiger partial charge >= 0.3 is 0 Å². The van der Waals surface area contributed by atoms with Gasteiger partial charge in [0, 0.05) is 30.9 Å². The molecule has 0 bridgehead atoms. The number of hydroxylamine groups is 4. The number of pyridine rings is 1. The van der Waals surface area contributed by atoms with Crippen LogP contribution in [0.5, 0.6) is 0 Å². The molecule has 1 atom stereocenters. The van der Waals surface area contributed by atoms with Gasteiger partial charge in [0.05, 0.1) is 6.61 Å². The number of quaternary nitrogens is 1. The van der Waals surface area contributed by atoms with Gasteiger partial charge in [0.15, 0.2) is 38.1 Å². The van der Waals surface area contributed by atoms with E-state index in [0.29, 0.717) is 0 Å². The molecule has 0 amide bonds. The number of rotatable bonds is 12. The Morgan fingerprint density at radius 1 is 0.935 bits per heavy atom. The number of nitrogens with zero attached hydrogens (tertiary/aromatic N) is 3. The smallest absolute Gasteiger partial charge is 0.179 e. The predicted molar refractivity (Wildman–Crippen MR) is 121 cm³/mol. The van der Waals surface area contributed by atoms with Crippen LogP contribution in [-0.4, -0.2) is 64.3 Å². The van der Waals surface area contributed by atoms with Gasteiger partial charge in [0.1, 0.15) is 0 Å². The fourth-order valence-corrected chi connectivity index (χ4v) is 3.31. The maximum Gasteiger partial charge on any atom is 0.179 e. The van der Waals surface area contributed by atoms with Gasteiger partial charge in [0.2, 0.25) is 0 Å². The summed E-state index contributed by atoms with van der Waals surface area (Å²) in [4.78, 5) is 0.913. The standard InChI is InChI=1S/C24H35N3O4/c1-3-26(4-2)23-11-9-21(10-12-23)7-5-6-8-22-13-15-25(16-14-22)19-24(29)20-27(30,31)17-18-28/h5-16,24,28-31H,3-4,17-20H2,1-2H3/q+2. The predicted octanol–water partition coefficient (Wildman–Crippen LogP) is 2.50. The zero-order valence-corrected chi connectivity index (χ0v) is 18.4. The van der Waals surface area contributed by atoms with Crippen LogP contribution in [-0.2, 0) is 6.54 Å². The average molecular weight is 430 g/mol. The Labute approximate surface area is 184 Å². The lowest BCUT2D eigenvalue weighted by atomic mass is 10.1. The van der Waals surface area contributed by atoms with E-state index in [1.165, 1.54) is 5.69 Å². The van der Waals surface area contributed by atoms with E-state index >= 15 is 0 Å².